The molecule has 0 aromatic carbocycles. The Labute approximate surface area is 131 Å². The minimum atomic E-state index is -1.20. The zero-order valence-electron chi connectivity index (χ0n) is 13.2. The minimum absolute atomic E-state index is 0.252. The first-order valence-corrected chi connectivity index (χ1v) is 8.77. The second-order valence-electron chi connectivity index (χ2n) is 8.41. The number of hydrogen-bond acceptors (Lipinski definition) is 5. The van der Waals surface area contributed by atoms with Crippen LogP contribution in [0.5, 0.6) is 0 Å². The summed E-state index contributed by atoms with van der Waals surface area (Å²) in [5.41, 5.74) is 0.252. The molecule has 0 unspecified atom stereocenters. The van der Waals surface area contributed by atoms with Crippen LogP contribution in [-0.4, -0.2) is 52.6 Å². The molecular formula is C17H28O5. The minimum Gasteiger partial charge on any atom is -0.388 e. The third kappa shape index (κ3) is 2.51. The van der Waals surface area contributed by atoms with Gasteiger partial charge in [0.25, 0.3) is 0 Å². The molecule has 5 fully saturated rings. The van der Waals surface area contributed by atoms with Gasteiger partial charge in [0, 0.05) is 0 Å². The highest BCUT2D eigenvalue weighted by atomic mass is 16.7. The van der Waals surface area contributed by atoms with Crippen molar-refractivity contribution in [2.24, 2.45) is 23.2 Å². The first-order chi connectivity index (χ1) is 10.5. The molecule has 5 aliphatic rings. The summed E-state index contributed by atoms with van der Waals surface area (Å²) in [7, 11) is 0. The summed E-state index contributed by atoms with van der Waals surface area (Å²) >= 11 is 0. The SMILES string of the molecule is C[C@@H]1O[C@H](OCC23CC4CC(CC(C4)C2)C3)[C@@H](O)[C@H](O)[C@@H]1O. The van der Waals surface area contributed by atoms with Crippen molar-refractivity contribution in [3.8, 4) is 0 Å². The summed E-state index contributed by atoms with van der Waals surface area (Å²) in [5, 5.41) is 29.7. The lowest BCUT2D eigenvalue weighted by molar-refractivity contribution is -0.302. The van der Waals surface area contributed by atoms with Crippen molar-refractivity contribution in [1.29, 1.82) is 0 Å². The Hall–Kier alpha value is -0.200. The average molecular weight is 312 g/mol. The highest BCUT2D eigenvalue weighted by Crippen LogP contribution is 2.60. The number of hydrogen-bond donors (Lipinski definition) is 3. The highest BCUT2D eigenvalue weighted by Gasteiger charge is 2.52. The van der Waals surface area contributed by atoms with Crippen LogP contribution in [0.2, 0.25) is 0 Å². The van der Waals surface area contributed by atoms with Gasteiger partial charge in [-0.25, -0.2) is 0 Å². The molecule has 126 valence electrons. The predicted molar refractivity (Wildman–Crippen MR) is 78.9 cm³/mol. The molecule has 0 aromatic rings. The molecule has 0 amide bonds. The summed E-state index contributed by atoms with van der Waals surface area (Å²) in [6.07, 6.45) is 3.09. The van der Waals surface area contributed by atoms with E-state index in [-0.39, 0.29) is 5.41 Å². The molecule has 5 atom stereocenters. The molecular weight excluding hydrogens is 284 g/mol. The van der Waals surface area contributed by atoms with E-state index in [1.54, 1.807) is 6.92 Å². The standard InChI is InChI=1S/C17H28O5/c1-9-13(18)14(19)15(20)16(22-9)21-8-17-5-10-2-11(6-17)4-12(3-10)7-17/h9-16,18-20H,2-8H2,1H3/t9-,10?,11?,12?,13+,14+,15-,16-,17?/m0/s1. The zero-order valence-corrected chi connectivity index (χ0v) is 13.2. The second kappa shape index (κ2) is 5.42. The predicted octanol–water partition coefficient (Wildman–Crippen LogP) is 1.05. The second-order valence-corrected chi connectivity index (χ2v) is 8.41. The maximum atomic E-state index is 10.1. The van der Waals surface area contributed by atoms with Gasteiger partial charge in [-0.1, -0.05) is 0 Å². The van der Waals surface area contributed by atoms with Gasteiger partial charge in [-0.3, -0.25) is 0 Å². The lowest BCUT2D eigenvalue weighted by atomic mass is 9.50. The number of rotatable bonds is 3. The third-order valence-corrected chi connectivity index (χ3v) is 6.53. The maximum Gasteiger partial charge on any atom is 0.186 e. The Morgan fingerprint density at radius 2 is 1.45 bits per heavy atom. The molecule has 1 aliphatic heterocycles. The van der Waals surface area contributed by atoms with E-state index in [2.05, 4.69) is 0 Å². The van der Waals surface area contributed by atoms with Crippen molar-refractivity contribution in [2.75, 3.05) is 6.61 Å². The molecule has 4 saturated carbocycles. The zero-order chi connectivity index (χ0) is 15.5. The first-order valence-electron chi connectivity index (χ1n) is 8.77. The lowest BCUT2D eigenvalue weighted by Gasteiger charge is -2.57. The topological polar surface area (TPSA) is 79.2 Å². The highest BCUT2D eigenvalue weighted by molar-refractivity contribution is 5.01. The van der Waals surface area contributed by atoms with Crippen LogP contribution in [0.4, 0.5) is 0 Å². The number of aliphatic hydroxyl groups is 3. The Balaban J connectivity index is 1.40. The monoisotopic (exact) mass is 312 g/mol. The summed E-state index contributed by atoms with van der Waals surface area (Å²) < 4.78 is 11.5. The van der Waals surface area contributed by atoms with Crippen LogP contribution in [0.1, 0.15) is 45.4 Å². The largest absolute Gasteiger partial charge is 0.388 e. The van der Waals surface area contributed by atoms with Gasteiger partial charge < -0.3 is 24.8 Å². The Bertz CT molecular complexity index is 390. The van der Waals surface area contributed by atoms with Crippen molar-refractivity contribution in [1.82, 2.24) is 0 Å². The molecule has 5 rings (SSSR count). The van der Waals surface area contributed by atoms with Crippen LogP contribution in [-0.2, 0) is 9.47 Å². The van der Waals surface area contributed by atoms with Crippen molar-refractivity contribution in [3.63, 3.8) is 0 Å². The molecule has 0 radical (unpaired) electrons. The molecule has 5 heteroatoms. The molecule has 22 heavy (non-hydrogen) atoms. The van der Waals surface area contributed by atoms with Gasteiger partial charge in [0.05, 0.1) is 12.7 Å². The average Bonchev–Trinajstić information content (AvgIpc) is 2.46. The van der Waals surface area contributed by atoms with E-state index >= 15 is 0 Å². The van der Waals surface area contributed by atoms with Gasteiger partial charge in [0.15, 0.2) is 6.29 Å². The van der Waals surface area contributed by atoms with Gasteiger partial charge in [-0.15, -0.1) is 0 Å². The van der Waals surface area contributed by atoms with Crippen LogP contribution in [0.25, 0.3) is 0 Å². The van der Waals surface area contributed by atoms with Gasteiger partial charge in [0.2, 0.25) is 0 Å². The van der Waals surface area contributed by atoms with Crippen molar-refractivity contribution < 1.29 is 24.8 Å². The molecule has 0 spiro atoms. The molecule has 1 heterocycles. The van der Waals surface area contributed by atoms with Crippen LogP contribution in [0.3, 0.4) is 0 Å². The maximum absolute atomic E-state index is 10.1. The van der Waals surface area contributed by atoms with Gasteiger partial charge in [-0.2, -0.15) is 0 Å². The number of ether oxygens (including phenoxy) is 2. The smallest absolute Gasteiger partial charge is 0.186 e. The summed E-state index contributed by atoms with van der Waals surface area (Å²) in [4.78, 5) is 0. The third-order valence-electron chi connectivity index (χ3n) is 6.53. The summed E-state index contributed by atoms with van der Waals surface area (Å²) in [5.74, 6) is 2.58. The fourth-order valence-electron chi connectivity index (χ4n) is 5.88. The van der Waals surface area contributed by atoms with Crippen molar-refractivity contribution in [3.05, 3.63) is 0 Å². The van der Waals surface area contributed by atoms with Gasteiger partial charge in [-0.05, 0) is 68.6 Å². The van der Waals surface area contributed by atoms with E-state index in [1.165, 1.54) is 38.5 Å². The molecule has 1 saturated heterocycles. The normalized spacial score (nSPS) is 57.3. The van der Waals surface area contributed by atoms with E-state index in [1.807, 2.05) is 0 Å². The molecule has 3 N–H and O–H groups in total. The Kier molecular flexibility index (Phi) is 3.78. The fraction of sp³-hybridized carbons (Fsp3) is 1.00. The first kappa shape index (κ1) is 15.3. The molecule has 5 nitrogen and oxygen atoms in total. The van der Waals surface area contributed by atoms with Crippen LogP contribution in [0, 0.1) is 23.2 Å². The van der Waals surface area contributed by atoms with Gasteiger partial charge in [0.1, 0.15) is 18.3 Å². The molecule has 0 aromatic heterocycles. The van der Waals surface area contributed by atoms with Crippen LogP contribution >= 0.6 is 0 Å². The molecule has 4 bridgehead atoms. The Morgan fingerprint density at radius 1 is 0.909 bits per heavy atom. The van der Waals surface area contributed by atoms with E-state index in [4.69, 9.17) is 9.47 Å². The summed E-state index contributed by atoms with van der Waals surface area (Å²) in [6.45, 7) is 2.30. The van der Waals surface area contributed by atoms with E-state index in [9.17, 15) is 15.3 Å². The van der Waals surface area contributed by atoms with E-state index in [0.717, 1.165) is 17.8 Å². The lowest BCUT2D eigenvalue weighted by Crippen LogP contribution is -2.58. The van der Waals surface area contributed by atoms with Crippen LogP contribution in [0.15, 0.2) is 0 Å². The molecule has 4 aliphatic carbocycles. The quantitative estimate of drug-likeness (QED) is 0.726. The number of aliphatic hydroxyl groups excluding tert-OH is 3. The fourth-order valence-corrected chi connectivity index (χ4v) is 5.88. The Morgan fingerprint density at radius 3 is 2.00 bits per heavy atom. The summed E-state index contributed by atoms with van der Waals surface area (Å²) in [6, 6.07) is 0. The van der Waals surface area contributed by atoms with Crippen molar-refractivity contribution >= 4 is 0 Å². The van der Waals surface area contributed by atoms with E-state index < -0.39 is 30.7 Å². The van der Waals surface area contributed by atoms with E-state index in [0.29, 0.717) is 6.61 Å². The van der Waals surface area contributed by atoms with Gasteiger partial charge >= 0.3 is 0 Å². The van der Waals surface area contributed by atoms with Crippen LogP contribution < -0.4 is 0 Å². The van der Waals surface area contributed by atoms with Crippen molar-refractivity contribution in [2.45, 2.75) is 76.2 Å².